The van der Waals surface area contributed by atoms with E-state index >= 15 is 0 Å². The highest BCUT2D eigenvalue weighted by molar-refractivity contribution is 5.87. The van der Waals surface area contributed by atoms with Crippen molar-refractivity contribution >= 4 is 5.78 Å². The minimum Gasteiger partial charge on any atom is -0.508 e. The zero-order valence-corrected chi connectivity index (χ0v) is 16.5. The van der Waals surface area contributed by atoms with E-state index in [9.17, 15) is 9.90 Å². The molecule has 0 radical (unpaired) electrons. The fourth-order valence-electron chi connectivity index (χ4n) is 5.57. The molecule has 0 bridgehead atoms. The van der Waals surface area contributed by atoms with Crippen molar-refractivity contribution in [1.82, 2.24) is 0 Å². The summed E-state index contributed by atoms with van der Waals surface area (Å²) < 4.78 is 4.90. The van der Waals surface area contributed by atoms with Crippen LogP contribution in [-0.2, 0) is 16.0 Å². The number of hydrogen-bond donors (Lipinski definition) is 1. The number of phenols is 1. The summed E-state index contributed by atoms with van der Waals surface area (Å²) in [6, 6.07) is 5.90. The fraction of sp³-hybridized carbons (Fsp3) is 0.542. The van der Waals surface area contributed by atoms with Crippen LogP contribution in [-0.4, -0.2) is 24.1 Å². The summed E-state index contributed by atoms with van der Waals surface area (Å²) in [4.78, 5) is 12.3. The smallest absolute Gasteiger partial charge is 0.139 e. The normalized spacial score (nSPS) is 31.0. The molecule has 146 valence electrons. The summed E-state index contributed by atoms with van der Waals surface area (Å²) in [5, 5.41) is 9.67. The number of benzene rings is 1. The van der Waals surface area contributed by atoms with E-state index in [2.05, 4.69) is 26.1 Å². The predicted octanol–water partition coefficient (Wildman–Crippen LogP) is 5.19. The minimum atomic E-state index is -0.0322. The summed E-state index contributed by atoms with van der Waals surface area (Å²) in [6.45, 7) is 10.4. The van der Waals surface area contributed by atoms with E-state index in [1.807, 2.05) is 12.1 Å². The maximum absolute atomic E-state index is 12.3. The van der Waals surface area contributed by atoms with Crippen LogP contribution in [0.1, 0.15) is 56.1 Å². The van der Waals surface area contributed by atoms with Crippen molar-refractivity contribution in [3.05, 3.63) is 54.6 Å². The van der Waals surface area contributed by atoms with Crippen molar-refractivity contribution in [3.63, 3.8) is 0 Å². The average Bonchev–Trinajstić information content (AvgIpc) is 2.97. The summed E-state index contributed by atoms with van der Waals surface area (Å²) in [5.74, 6) is 2.78. The summed E-state index contributed by atoms with van der Waals surface area (Å²) in [6.07, 6.45) is 9.77. The second-order valence-electron chi connectivity index (χ2n) is 8.33. The van der Waals surface area contributed by atoms with E-state index in [1.165, 1.54) is 17.5 Å². The number of carbonyl (C=O) groups is 1. The van der Waals surface area contributed by atoms with Gasteiger partial charge in [0.2, 0.25) is 0 Å². The van der Waals surface area contributed by atoms with Crippen molar-refractivity contribution in [2.24, 2.45) is 17.3 Å². The SMILES string of the molecule is C=CCOCC=C.C[C@]12CC[C@@H]3c4ccc(O)cc4CC[C@H]3[C@@H]1CCC2=O. The number of Topliss-reactive ketones (excluding diaryl/α,β-unsaturated/α-hetero) is 1. The van der Waals surface area contributed by atoms with Crippen LogP contribution in [0.3, 0.4) is 0 Å². The Hall–Kier alpha value is -1.87. The standard InChI is InChI=1S/C18H22O2.C6H10O/c1-18-9-8-14-13-5-3-12(19)10-11(13)2-4-15(14)16(18)6-7-17(18)20;1-3-5-7-6-4-2/h3,5,10,14-16,19H,2,4,6-9H2,1H3;3-4H,1-2,5-6H2/t14-,15-,16+,18+;/m1./s1. The molecule has 1 N–H and O–H groups in total. The molecule has 0 aromatic heterocycles. The molecule has 3 aliphatic carbocycles. The summed E-state index contributed by atoms with van der Waals surface area (Å²) in [7, 11) is 0. The van der Waals surface area contributed by atoms with Crippen LogP contribution in [0.25, 0.3) is 0 Å². The zero-order valence-electron chi connectivity index (χ0n) is 16.5. The van der Waals surface area contributed by atoms with Crippen molar-refractivity contribution in [3.8, 4) is 5.75 Å². The second kappa shape index (κ2) is 8.43. The van der Waals surface area contributed by atoms with E-state index in [0.717, 1.165) is 32.1 Å². The zero-order chi connectivity index (χ0) is 19.4. The number of phenolic OH excluding ortho intramolecular Hbond substituents is 1. The Kier molecular flexibility index (Phi) is 6.21. The molecule has 3 nitrogen and oxygen atoms in total. The van der Waals surface area contributed by atoms with Gasteiger partial charge in [-0.2, -0.15) is 0 Å². The van der Waals surface area contributed by atoms with Gasteiger partial charge in [0.1, 0.15) is 11.5 Å². The molecule has 3 heteroatoms. The molecule has 4 atom stereocenters. The topological polar surface area (TPSA) is 46.5 Å². The van der Waals surface area contributed by atoms with Gasteiger partial charge in [0.15, 0.2) is 0 Å². The Balaban J connectivity index is 0.000000260. The quantitative estimate of drug-likeness (QED) is 0.587. The highest BCUT2D eigenvalue weighted by Crippen LogP contribution is 2.59. The molecule has 0 aliphatic heterocycles. The molecule has 27 heavy (non-hydrogen) atoms. The van der Waals surface area contributed by atoms with Gasteiger partial charge in [-0.25, -0.2) is 0 Å². The van der Waals surface area contributed by atoms with Gasteiger partial charge in [0.05, 0.1) is 13.2 Å². The lowest BCUT2D eigenvalue weighted by Crippen LogP contribution is -2.42. The molecule has 3 aliphatic rings. The first-order valence-corrected chi connectivity index (χ1v) is 10.2. The van der Waals surface area contributed by atoms with E-state index < -0.39 is 0 Å². The van der Waals surface area contributed by atoms with Crippen molar-refractivity contribution in [2.75, 3.05) is 13.2 Å². The van der Waals surface area contributed by atoms with Crippen molar-refractivity contribution in [1.29, 1.82) is 0 Å². The Labute approximate surface area is 163 Å². The van der Waals surface area contributed by atoms with E-state index in [0.29, 0.717) is 42.5 Å². The molecule has 0 spiro atoms. The van der Waals surface area contributed by atoms with E-state index in [1.54, 1.807) is 12.2 Å². The van der Waals surface area contributed by atoms with Gasteiger partial charge in [0.25, 0.3) is 0 Å². The number of hydrogen-bond acceptors (Lipinski definition) is 3. The van der Waals surface area contributed by atoms with Gasteiger partial charge in [-0.15, -0.1) is 13.2 Å². The predicted molar refractivity (Wildman–Crippen MR) is 109 cm³/mol. The lowest BCUT2D eigenvalue weighted by molar-refractivity contribution is -0.129. The minimum absolute atomic E-state index is 0.0322. The average molecular weight is 369 g/mol. The highest BCUT2D eigenvalue weighted by atomic mass is 16.5. The molecular formula is C24H32O3. The summed E-state index contributed by atoms with van der Waals surface area (Å²) in [5.41, 5.74) is 2.75. The van der Waals surface area contributed by atoms with Gasteiger partial charge in [-0.1, -0.05) is 25.1 Å². The fourth-order valence-corrected chi connectivity index (χ4v) is 5.57. The van der Waals surface area contributed by atoms with Gasteiger partial charge in [-0.05, 0) is 73.1 Å². The van der Waals surface area contributed by atoms with Gasteiger partial charge < -0.3 is 9.84 Å². The van der Waals surface area contributed by atoms with E-state index in [4.69, 9.17) is 4.74 Å². The molecule has 4 rings (SSSR count). The molecule has 2 fully saturated rings. The van der Waals surface area contributed by atoms with Crippen LogP contribution in [0.15, 0.2) is 43.5 Å². The highest BCUT2D eigenvalue weighted by Gasteiger charge is 2.54. The molecule has 1 aromatic carbocycles. The molecule has 0 amide bonds. The Morgan fingerprint density at radius 3 is 2.63 bits per heavy atom. The largest absolute Gasteiger partial charge is 0.508 e. The van der Waals surface area contributed by atoms with E-state index in [-0.39, 0.29) is 5.41 Å². The molecule has 0 saturated heterocycles. The van der Waals surface area contributed by atoms with Gasteiger partial charge >= 0.3 is 0 Å². The monoisotopic (exact) mass is 368 g/mol. The third kappa shape index (κ3) is 3.89. The van der Waals surface area contributed by atoms with Gasteiger partial charge in [-0.3, -0.25) is 4.79 Å². The first kappa shape index (κ1) is 19.9. The number of rotatable bonds is 4. The number of aromatic hydroxyl groups is 1. The maximum atomic E-state index is 12.3. The lowest BCUT2D eigenvalue weighted by atomic mass is 9.55. The Morgan fingerprint density at radius 1 is 1.19 bits per heavy atom. The van der Waals surface area contributed by atoms with Gasteiger partial charge in [0, 0.05) is 11.8 Å². The van der Waals surface area contributed by atoms with Crippen LogP contribution in [0.2, 0.25) is 0 Å². The molecule has 0 unspecified atom stereocenters. The molecule has 2 saturated carbocycles. The third-order valence-corrected chi connectivity index (χ3v) is 6.89. The molecule has 0 heterocycles. The second-order valence-corrected chi connectivity index (χ2v) is 8.33. The van der Waals surface area contributed by atoms with Crippen LogP contribution in [0.5, 0.6) is 5.75 Å². The van der Waals surface area contributed by atoms with Crippen LogP contribution < -0.4 is 0 Å². The number of fused-ring (bicyclic) bond motifs is 5. The van der Waals surface area contributed by atoms with Crippen LogP contribution >= 0.6 is 0 Å². The Bertz CT molecular complexity index is 700. The summed E-state index contributed by atoms with van der Waals surface area (Å²) >= 11 is 0. The number of carbonyl (C=O) groups excluding carboxylic acids is 1. The first-order valence-electron chi connectivity index (χ1n) is 10.2. The number of ether oxygens (including phenoxy) is 1. The van der Waals surface area contributed by atoms with Crippen molar-refractivity contribution < 1.29 is 14.6 Å². The number of ketones is 1. The molecular weight excluding hydrogens is 336 g/mol. The first-order chi connectivity index (χ1) is 13.0. The number of aryl methyl sites for hydroxylation is 1. The van der Waals surface area contributed by atoms with Crippen LogP contribution in [0.4, 0.5) is 0 Å². The molecule has 1 aromatic rings. The Morgan fingerprint density at radius 2 is 1.93 bits per heavy atom. The maximum Gasteiger partial charge on any atom is 0.139 e. The third-order valence-electron chi connectivity index (χ3n) is 6.89. The van der Waals surface area contributed by atoms with Crippen molar-refractivity contribution in [2.45, 2.75) is 51.4 Å². The van der Waals surface area contributed by atoms with Crippen LogP contribution in [0, 0.1) is 17.3 Å². The lowest BCUT2D eigenvalue weighted by Gasteiger charge is -2.48.